The largest absolute Gasteiger partial charge is 0.326 e. The molecule has 0 unspecified atom stereocenters. The summed E-state index contributed by atoms with van der Waals surface area (Å²) in [5.74, 6) is -0.583. The maximum Gasteiger partial charge on any atom is 0.272 e. The number of nitrogens with one attached hydrogen (secondary N) is 2. The predicted molar refractivity (Wildman–Crippen MR) is 101 cm³/mol. The van der Waals surface area contributed by atoms with Gasteiger partial charge in [0.15, 0.2) is 0 Å². The van der Waals surface area contributed by atoms with Crippen molar-refractivity contribution in [1.29, 1.82) is 0 Å². The molecule has 2 rings (SSSR count). The van der Waals surface area contributed by atoms with Crippen LogP contribution in [0.25, 0.3) is 0 Å². The third kappa shape index (κ3) is 4.80. The van der Waals surface area contributed by atoms with Gasteiger partial charge in [-0.25, -0.2) is 0 Å². The van der Waals surface area contributed by atoms with Crippen LogP contribution in [0.5, 0.6) is 0 Å². The Balaban J connectivity index is 2.19. The van der Waals surface area contributed by atoms with Crippen LogP contribution in [0.2, 0.25) is 5.02 Å². The maximum atomic E-state index is 12.4. The van der Waals surface area contributed by atoms with E-state index in [1.165, 1.54) is 18.2 Å². The Kier molecular flexibility index (Phi) is 6.30. The molecule has 0 aliphatic carbocycles. The molecule has 0 saturated carbocycles. The van der Waals surface area contributed by atoms with Crippen molar-refractivity contribution in [3.8, 4) is 0 Å². The standard InChI is InChI=1S/C18H18ClN3O4/c1-3-4-17(23)20-13-6-7-14(19)15(10-13)21-18(24)12-5-8-16(22(25)26)11(2)9-12/h5-10H,3-4H2,1-2H3,(H,20,23)(H,21,24). The maximum absolute atomic E-state index is 12.4. The highest BCUT2D eigenvalue weighted by molar-refractivity contribution is 6.34. The fraction of sp³-hybridized carbons (Fsp3) is 0.222. The van der Waals surface area contributed by atoms with E-state index in [9.17, 15) is 19.7 Å². The van der Waals surface area contributed by atoms with Gasteiger partial charge in [-0.05, 0) is 43.7 Å². The normalized spacial score (nSPS) is 10.3. The molecule has 0 aliphatic rings. The Morgan fingerprint density at radius 2 is 1.88 bits per heavy atom. The topological polar surface area (TPSA) is 101 Å². The first-order valence-electron chi connectivity index (χ1n) is 7.97. The highest BCUT2D eigenvalue weighted by Crippen LogP contribution is 2.27. The van der Waals surface area contributed by atoms with E-state index in [1.54, 1.807) is 25.1 Å². The quantitative estimate of drug-likeness (QED) is 0.571. The van der Waals surface area contributed by atoms with Crippen LogP contribution in [0.3, 0.4) is 0 Å². The number of rotatable bonds is 6. The highest BCUT2D eigenvalue weighted by Gasteiger charge is 2.15. The molecule has 0 radical (unpaired) electrons. The lowest BCUT2D eigenvalue weighted by Gasteiger charge is -2.11. The van der Waals surface area contributed by atoms with Crippen molar-refractivity contribution in [1.82, 2.24) is 0 Å². The minimum atomic E-state index is -0.504. The summed E-state index contributed by atoms with van der Waals surface area (Å²) in [5, 5.41) is 16.6. The lowest BCUT2D eigenvalue weighted by molar-refractivity contribution is -0.385. The second kappa shape index (κ2) is 8.44. The van der Waals surface area contributed by atoms with Crippen molar-refractivity contribution in [3.63, 3.8) is 0 Å². The molecule has 7 nitrogen and oxygen atoms in total. The summed E-state index contributed by atoms with van der Waals surface area (Å²) in [6.07, 6.45) is 1.12. The summed E-state index contributed by atoms with van der Waals surface area (Å²) < 4.78 is 0. The van der Waals surface area contributed by atoms with Gasteiger partial charge in [-0.1, -0.05) is 18.5 Å². The van der Waals surface area contributed by atoms with E-state index in [2.05, 4.69) is 10.6 Å². The van der Waals surface area contributed by atoms with Crippen molar-refractivity contribution in [2.75, 3.05) is 10.6 Å². The van der Waals surface area contributed by atoms with Crippen LogP contribution in [0, 0.1) is 17.0 Å². The number of amides is 2. The molecule has 0 bridgehead atoms. The lowest BCUT2D eigenvalue weighted by atomic mass is 10.1. The highest BCUT2D eigenvalue weighted by atomic mass is 35.5. The van der Waals surface area contributed by atoms with Gasteiger partial charge >= 0.3 is 0 Å². The number of nitro benzene ring substituents is 1. The summed E-state index contributed by atoms with van der Waals surface area (Å²) >= 11 is 6.11. The average Bonchev–Trinajstić information content (AvgIpc) is 2.57. The third-order valence-corrected chi connectivity index (χ3v) is 3.96. The summed E-state index contributed by atoms with van der Waals surface area (Å²) in [6.45, 7) is 3.46. The van der Waals surface area contributed by atoms with Crippen molar-refractivity contribution < 1.29 is 14.5 Å². The number of halogens is 1. The minimum absolute atomic E-state index is 0.0554. The summed E-state index contributed by atoms with van der Waals surface area (Å²) in [5.41, 5.74) is 1.45. The summed E-state index contributed by atoms with van der Waals surface area (Å²) in [4.78, 5) is 34.5. The van der Waals surface area contributed by atoms with Gasteiger partial charge in [0.2, 0.25) is 5.91 Å². The van der Waals surface area contributed by atoms with Crippen molar-refractivity contribution in [2.45, 2.75) is 26.7 Å². The van der Waals surface area contributed by atoms with Crippen LogP contribution in [0.15, 0.2) is 36.4 Å². The van der Waals surface area contributed by atoms with Crippen LogP contribution >= 0.6 is 11.6 Å². The molecule has 0 heterocycles. The number of nitro groups is 1. The van der Waals surface area contributed by atoms with Crippen LogP contribution in [-0.4, -0.2) is 16.7 Å². The minimum Gasteiger partial charge on any atom is -0.326 e. The Labute approximate surface area is 155 Å². The van der Waals surface area contributed by atoms with E-state index in [-0.39, 0.29) is 17.2 Å². The van der Waals surface area contributed by atoms with E-state index < -0.39 is 10.8 Å². The number of hydrogen-bond acceptors (Lipinski definition) is 4. The number of aryl methyl sites for hydroxylation is 1. The van der Waals surface area contributed by atoms with Crippen LogP contribution < -0.4 is 10.6 Å². The SMILES string of the molecule is CCCC(=O)Nc1ccc(Cl)c(NC(=O)c2ccc([N+](=O)[O-])c(C)c2)c1. The number of nitrogens with zero attached hydrogens (tertiary/aromatic N) is 1. The lowest BCUT2D eigenvalue weighted by Crippen LogP contribution is -2.14. The fourth-order valence-electron chi connectivity index (χ4n) is 2.35. The van der Waals surface area contributed by atoms with E-state index in [4.69, 9.17) is 11.6 Å². The first kappa shape index (κ1) is 19.4. The van der Waals surface area contributed by atoms with Gasteiger partial charge in [-0.2, -0.15) is 0 Å². The van der Waals surface area contributed by atoms with Crippen molar-refractivity contribution in [2.24, 2.45) is 0 Å². The fourth-order valence-corrected chi connectivity index (χ4v) is 2.51. The van der Waals surface area contributed by atoms with Gasteiger partial charge in [0, 0.05) is 29.3 Å². The smallest absolute Gasteiger partial charge is 0.272 e. The molecule has 0 aromatic heterocycles. The molecule has 0 spiro atoms. The van der Waals surface area contributed by atoms with E-state index >= 15 is 0 Å². The molecule has 2 amide bonds. The molecule has 26 heavy (non-hydrogen) atoms. The molecule has 0 fully saturated rings. The first-order valence-corrected chi connectivity index (χ1v) is 8.35. The third-order valence-electron chi connectivity index (χ3n) is 3.63. The number of hydrogen-bond donors (Lipinski definition) is 2. The van der Waals surface area contributed by atoms with Crippen LogP contribution in [0.1, 0.15) is 35.7 Å². The zero-order valence-corrected chi connectivity index (χ0v) is 15.1. The Morgan fingerprint density at radius 3 is 2.50 bits per heavy atom. The van der Waals surface area contributed by atoms with Crippen LogP contribution in [0.4, 0.5) is 17.1 Å². The Bertz CT molecular complexity index is 868. The zero-order valence-electron chi connectivity index (χ0n) is 14.3. The van der Waals surface area contributed by atoms with Gasteiger partial charge in [0.1, 0.15) is 0 Å². The second-order valence-corrected chi connectivity index (χ2v) is 6.11. The number of carbonyl (C=O) groups excluding carboxylic acids is 2. The molecule has 0 atom stereocenters. The Morgan fingerprint density at radius 1 is 1.15 bits per heavy atom. The Hall–Kier alpha value is -2.93. The molecular weight excluding hydrogens is 358 g/mol. The monoisotopic (exact) mass is 375 g/mol. The number of anilines is 2. The molecule has 136 valence electrons. The van der Waals surface area contributed by atoms with E-state index in [1.807, 2.05) is 6.92 Å². The van der Waals surface area contributed by atoms with Gasteiger partial charge in [-0.15, -0.1) is 0 Å². The van der Waals surface area contributed by atoms with E-state index in [0.29, 0.717) is 28.4 Å². The van der Waals surface area contributed by atoms with Crippen molar-refractivity contribution >= 4 is 40.5 Å². The number of benzene rings is 2. The molecule has 0 aliphatic heterocycles. The second-order valence-electron chi connectivity index (χ2n) is 5.71. The zero-order chi connectivity index (χ0) is 19.3. The van der Waals surface area contributed by atoms with Gasteiger partial charge in [-0.3, -0.25) is 19.7 Å². The first-order chi connectivity index (χ1) is 12.3. The summed E-state index contributed by atoms with van der Waals surface area (Å²) in [7, 11) is 0. The molecular formula is C18H18ClN3O4. The van der Waals surface area contributed by atoms with Crippen molar-refractivity contribution in [3.05, 3.63) is 62.7 Å². The van der Waals surface area contributed by atoms with E-state index in [0.717, 1.165) is 6.42 Å². The van der Waals surface area contributed by atoms with Gasteiger partial charge in [0.25, 0.3) is 11.6 Å². The molecule has 2 aromatic rings. The molecule has 2 aromatic carbocycles. The molecule has 2 N–H and O–H groups in total. The molecule has 8 heteroatoms. The number of carbonyl (C=O) groups is 2. The van der Waals surface area contributed by atoms with Gasteiger partial charge in [0.05, 0.1) is 15.6 Å². The van der Waals surface area contributed by atoms with Crippen LogP contribution in [-0.2, 0) is 4.79 Å². The predicted octanol–water partition coefficient (Wildman–Crippen LogP) is 4.55. The average molecular weight is 376 g/mol. The summed E-state index contributed by atoms with van der Waals surface area (Å²) in [6, 6.07) is 8.87. The van der Waals surface area contributed by atoms with Gasteiger partial charge < -0.3 is 10.6 Å². The molecule has 0 saturated heterocycles.